The van der Waals surface area contributed by atoms with Gasteiger partial charge >= 0.3 is 12.4 Å². The van der Waals surface area contributed by atoms with E-state index < -0.39 is 47.6 Å². The van der Waals surface area contributed by atoms with Gasteiger partial charge in [0.2, 0.25) is 0 Å². The standard InChI is InChI=1S/C26H28F6O4/c1-23(2)19(35-21(23)25(27,28)29)15-5-9-17(10-6-15)33-13-14-34-18-11-7-16(8-12-18)20-24(3,4)22(36-20)26(30,31)32/h5-12,19-22H,13-14H2,1-4H3. The van der Waals surface area contributed by atoms with Gasteiger partial charge in [-0.2, -0.15) is 26.3 Å². The summed E-state index contributed by atoms with van der Waals surface area (Å²) in [5.74, 6) is 1.07. The van der Waals surface area contributed by atoms with Gasteiger partial charge in [0.25, 0.3) is 0 Å². The highest BCUT2D eigenvalue weighted by atomic mass is 19.4. The highest BCUT2D eigenvalue weighted by Gasteiger charge is 2.63. The van der Waals surface area contributed by atoms with Crippen LogP contribution in [-0.2, 0) is 9.47 Å². The molecule has 36 heavy (non-hydrogen) atoms. The molecule has 0 radical (unpaired) electrons. The minimum atomic E-state index is -4.40. The lowest BCUT2D eigenvalue weighted by atomic mass is 9.72. The van der Waals surface area contributed by atoms with Crippen molar-refractivity contribution in [2.24, 2.45) is 10.8 Å². The summed E-state index contributed by atoms with van der Waals surface area (Å²) in [4.78, 5) is 0. The molecule has 2 aromatic rings. The fourth-order valence-electron chi connectivity index (χ4n) is 4.91. The summed E-state index contributed by atoms with van der Waals surface area (Å²) in [6, 6.07) is 13.4. The average Bonchev–Trinajstić information content (AvgIpc) is 2.75. The minimum absolute atomic E-state index is 0.217. The van der Waals surface area contributed by atoms with E-state index in [0.717, 1.165) is 0 Å². The fourth-order valence-corrected chi connectivity index (χ4v) is 4.91. The molecule has 0 saturated carbocycles. The molecule has 0 bridgehead atoms. The number of ether oxygens (including phenoxy) is 4. The van der Waals surface area contributed by atoms with E-state index in [0.29, 0.717) is 22.6 Å². The van der Waals surface area contributed by atoms with Crippen LogP contribution in [-0.4, -0.2) is 37.8 Å². The van der Waals surface area contributed by atoms with E-state index in [1.807, 2.05) is 0 Å². The third kappa shape index (κ3) is 5.02. The molecular formula is C26H28F6O4. The van der Waals surface area contributed by atoms with Gasteiger partial charge in [0.1, 0.15) is 24.7 Å². The molecule has 198 valence electrons. The van der Waals surface area contributed by atoms with Crippen LogP contribution in [0.2, 0.25) is 0 Å². The zero-order valence-corrected chi connectivity index (χ0v) is 20.2. The molecular weight excluding hydrogens is 490 g/mol. The summed E-state index contributed by atoms with van der Waals surface area (Å²) in [5.41, 5.74) is -0.844. The van der Waals surface area contributed by atoms with Crippen molar-refractivity contribution < 1.29 is 45.3 Å². The van der Waals surface area contributed by atoms with Crippen LogP contribution in [0.4, 0.5) is 26.3 Å². The predicted molar refractivity (Wildman–Crippen MR) is 119 cm³/mol. The Hall–Kier alpha value is -2.46. The Morgan fingerprint density at radius 2 is 0.917 bits per heavy atom. The summed E-state index contributed by atoms with van der Waals surface area (Å²) in [7, 11) is 0. The van der Waals surface area contributed by atoms with Gasteiger partial charge in [0.15, 0.2) is 12.2 Å². The Kier molecular flexibility index (Phi) is 6.75. The van der Waals surface area contributed by atoms with Crippen molar-refractivity contribution in [3.8, 4) is 11.5 Å². The van der Waals surface area contributed by atoms with Gasteiger partial charge in [-0.1, -0.05) is 52.0 Å². The molecule has 0 spiro atoms. The fraction of sp³-hybridized carbons (Fsp3) is 0.538. The Morgan fingerprint density at radius 3 is 1.17 bits per heavy atom. The zero-order valence-electron chi connectivity index (χ0n) is 20.2. The van der Waals surface area contributed by atoms with E-state index in [1.54, 1.807) is 48.5 Å². The van der Waals surface area contributed by atoms with E-state index in [9.17, 15) is 26.3 Å². The predicted octanol–water partition coefficient (Wildman–Crippen LogP) is 7.20. The van der Waals surface area contributed by atoms with Crippen LogP contribution in [0.1, 0.15) is 51.0 Å². The van der Waals surface area contributed by atoms with Crippen molar-refractivity contribution in [1.82, 2.24) is 0 Å². The molecule has 4 rings (SSSR count). The van der Waals surface area contributed by atoms with E-state index in [4.69, 9.17) is 18.9 Å². The zero-order chi connectivity index (χ0) is 26.5. The lowest BCUT2D eigenvalue weighted by Gasteiger charge is -2.52. The van der Waals surface area contributed by atoms with Crippen molar-refractivity contribution in [3.05, 3.63) is 59.7 Å². The van der Waals surface area contributed by atoms with Crippen LogP contribution < -0.4 is 9.47 Å². The summed E-state index contributed by atoms with van der Waals surface area (Å²) in [6.07, 6.45) is -13.7. The van der Waals surface area contributed by atoms with Gasteiger partial charge in [-0.15, -0.1) is 0 Å². The molecule has 2 aliphatic rings. The van der Waals surface area contributed by atoms with Gasteiger partial charge in [-0.25, -0.2) is 0 Å². The smallest absolute Gasteiger partial charge is 0.415 e. The number of halogens is 6. The maximum atomic E-state index is 13.0. The Balaban J connectivity index is 1.23. The van der Waals surface area contributed by atoms with E-state index >= 15 is 0 Å². The van der Waals surface area contributed by atoms with Crippen LogP contribution in [0, 0.1) is 10.8 Å². The topological polar surface area (TPSA) is 36.9 Å². The van der Waals surface area contributed by atoms with Gasteiger partial charge in [-0.05, 0) is 35.4 Å². The normalized spacial score (nSPS) is 27.1. The number of alkyl halides is 6. The second-order valence-corrected chi connectivity index (χ2v) is 10.4. The first-order valence-corrected chi connectivity index (χ1v) is 11.5. The SMILES string of the molecule is CC1(C)C(c2ccc(OCCOc3ccc(C4OC(C(F)(F)F)C4(C)C)cc3)cc2)OC1C(F)(F)F. The molecule has 2 saturated heterocycles. The lowest BCUT2D eigenvalue weighted by molar-refractivity contribution is -0.351. The maximum absolute atomic E-state index is 13.0. The summed E-state index contributed by atoms with van der Waals surface area (Å²) < 4.78 is 99.5. The second-order valence-electron chi connectivity index (χ2n) is 10.4. The first kappa shape index (κ1) is 26.6. The number of hydrogen-bond donors (Lipinski definition) is 0. The minimum Gasteiger partial charge on any atom is -0.490 e. The average molecular weight is 518 g/mol. The highest BCUT2D eigenvalue weighted by Crippen LogP contribution is 2.57. The largest absolute Gasteiger partial charge is 0.490 e. The van der Waals surface area contributed by atoms with Gasteiger partial charge in [0, 0.05) is 10.8 Å². The molecule has 2 aliphatic heterocycles. The highest BCUT2D eigenvalue weighted by molar-refractivity contribution is 5.32. The van der Waals surface area contributed by atoms with Crippen molar-refractivity contribution in [1.29, 1.82) is 0 Å². The first-order valence-electron chi connectivity index (χ1n) is 11.5. The molecule has 4 unspecified atom stereocenters. The number of benzene rings is 2. The maximum Gasteiger partial charge on any atom is 0.415 e. The molecule has 2 aromatic carbocycles. The summed E-state index contributed by atoms with van der Waals surface area (Å²) in [5, 5.41) is 0. The Morgan fingerprint density at radius 1 is 0.611 bits per heavy atom. The van der Waals surface area contributed by atoms with Crippen LogP contribution >= 0.6 is 0 Å². The second kappa shape index (κ2) is 9.13. The third-order valence-electron chi connectivity index (χ3n) is 6.83. The van der Waals surface area contributed by atoms with Crippen LogP contribution in [0.25, 0.3) is 0 Å². The van der Waals surface area contributed by atoms with Crippen molar-refractivity contribution in [2.45, 2.75) is 64.5 Å². The molecule has 0 N–H and O–H groups in total. The van der Waals surface area contributed by atoms with Crippen LogP contribution in [0.15, 0.2) is 48.5 Å². The molecule has 10 heteroatoms. The monoisotopic (exact) mass is 518 g/mol. The quantitative estimate of drug-likeness (QED) is 0.287. The molecule has 0 aliphatic carbocycles. The van der Waals surface area contributed by atoms with Crippen molar-refractivity contribution >= 4 is 0 Å². The molecule has 2 heterocycles. The summed E-state index contributed by atoms with van der Waals surface area (Å²) in [6.45, 7) is 6.57. The molecule has 0 amide bonds. The van der Waals surface area contributed by atoms with E-state index in [2.05, 4.69) is 0 Å². The van der Waals surface area contributed by atoms with Gasteiger partial charge in [-0.3, -0.25) is 0 Å². The van der Waals surface area contributed by atoms with Crippen molar-refractivity contribution in [2.75, 3.05) is 13.2 Å². The number of rotatable bonds is 7. The van der Waals surface area contributed by atoms with E-state index in [-0.39, 0.29) is 13.2 Å². The Bertz CT molecular complexity index is 959. The van der Waals surface area contributed by atoms with E-state index in [1.165, 1.54) is 27.7 Å². The van der Waals surface area contributed by atoms with Crippen molar-refractivity contribution in [3.63, 3.8) is 0 Å². The molecule has 2 fully saturated rings. The Labute approximate surface area is 205 Å². The number of hydrogen-bond acceptors (Lipinski definition) is 4. The molecule has 4 atom stereocenters. The molecule has 4 nitrogen and oxygen atoms in total. The first-order chi connectivity index (χ1) is 16.6. The van der Waals surface area contributed by atoms with Gasteiger partial charge < -0.3 is 18.9 Å². The molecule has 0 aromatic heterocycles. The third-order valence-corrected chi connectivity index (χ3v) is 6.83. The van der Waals surface area contributed by atoms with Crippen LogP contribution in [0.5, 0.6) is 11.5 Å². The van der Waals surface area contributed by atoms with Crippen LogP contribution in [0.3, 0.4) is 0 Å². The summed E-state index contributed by atoms with van der Waals surface area (Å²) >= 11 is 0. The lowest BCUT2D eigenvalue weighted by Crippen LogP contribution is -2.57. The van der Waals surface area contributed by atoms with Gasteiger partial charge in [0.05, 0.1) is 12.2 Å².